The second-order valence-electron chi connectivity index (χ2n) is 4.16. The van der Waals surface area contributed by atoms with Crippen molar-refractivity contribution in [2.24, 2.45) is 0 Å². The summed E-state index contributed by atoms with van der Waals surface area (Å²) in [6.07, 6.45) is 0.703. The summed E-state index contributed by atoms with van der Waals surface area (Å²) in [6.45, 7) is 4.75. The van der Waals surface area contributed by atoms with Gasteiger partial charge in [-0.25, -0.2) is 9.97 Å². The Morgan fingerprint density at radius 1 is 1.30 bits per heavy atom. The highest BCUT2D eigenvalue weighted by atomic mass is 35.5. The number of aliphatic hydroxyl groups is 1. The SMILES string of the molecule is Cc1nc(N)cc(C[n+]2csc(CCO)c2C)n1.[Cl-].[Cl-]. The van der Waals surface area contributed by atoms with Crippen molar-refractivity contribution < 1.29 is 34.5 Å². The van der Waals surface area contributed by atoms with Crippen LogP contribution in [0.25, 0.3) is 0 Å². The Bertz CT molecular complexity index is 542. The molecule has 2 rings (SSSR count). The molecule has 0 spiro atoms. The van der Waals surface area contributed by atoms with Crippen LogP contribution in [0.15, 0.2) is 11.6 Å². The van der Waals surface area contributed by atoms with Gasteiger partial charge in [-0.15, -0.1) is 0 Å². The van der Waals surface area contributed by atoms with Crippen molar-refractivity contribution in [1.82, 2.24) is 9.97 Å². The molecule has 0 unspecified atom stereocenters. The van der Waals surface area contributed by atoms with Crippen molar-refractivity contribution in [3.63, 3.8) is 0 Å². The zero-order valence-corrected chi connectivity index (χ0v) is 13.6. The van der Waals surface area contributed by atoms with E-state index in [0.717, 1.165) is 5.69 Å². The topological polar surface area (TPSA) is 75.9 Å². The van der Waals surface area contributed by atoms with Crippen LogP contribution in [0.4, 0.5) is 5.82 Å². The predicted octanol–water partition coefficient (Wildman–Crippen LogP) is -5.38. The third-order valence-electron chi connectivity index (χ3n) is 2.74. The zero-order valence-electron chi connectivity index (χ0n) is 11.3. The van der Waals surface area contributed by atoms with E-state index in [1.807, 2.05) is 12.4 Å². The number of nitrogens with zero attached hydrogens (tertiary/aromatic N) is 3. The predicted molar refractivity (Wildman–Crippen MR) is 70.3 cm³/mol. The Morgan fingerprint density at radius 2 is 2.00 bits per heavy atom. The molecule has 2 aromatic rings. The number of anilines is 1. The number of nitrogen functional groups attached to an aromatic ring is 1. The van der Waals surface area contributed by atoms with Crippen LogP contribution < -0.4 is 35.1 Å². The first-order chi connectivity index (χ1) is 8.60. The summed E-state index contributed by atoms with van der Waals surface area (Å²) in [5.41, 5.74) is 9.84. The van der Waals surface area contributed by atoms with Crippen molar-refractivity contribution in [3.05, 3.63) is 33.7 Å². The summed E-state index contributed by atoms with van der Waals surface area (Å²) in [7, 11) is 0. The molecule has 2 aromatic heterocycles. The molecule has 0 radical (unpaired) electrons. The molecule has 0 aliphatic heterocycles. The zero-order chi connectivity index (χ0) is 13.1. The molecule has 0 fully saturated rings. The van der Waals surface area contributed by atoms with Gasteiger partial charge in [0.25, 0.3) is 0 Å². The lowest BCUT2D eigenvalue weighted by molar-refractivity contribution is -0.690. The molecule has 0 saturated carbocycles. The van der Waals surface area contributed by atoms with Gasteiger partial charge in [0.15, 0.2) is 12.2 Å². The molecule has 0 atom stereocenters. The summed E-state index contributed by atoms with van der Waals surface area (Å²) in [6, 6.07) is 1.79. The van der Waals surface area contributed by atoms with Crippen molar-refractivity contribution in [2.45, 2.75) is 26.8 Å². The Labute approximate surface area is 134 Å². The van der Waals surface area contributed by atoms with E-state index < -0.39 is 0 Å². The highest BCUT2D eigenvalue weighted by molar-refractivity contribution is 7.09. The van der Waals surface area contributed by atoms with Crippen LogP contribution in [0.1, 0.15) is 22.1 Å². The summed E-state index contributed by atoms with van der Waals surface area (Å²) in [4.78, 5) is 9.63. The fourth-order valence-corrected chi connectivity index (χ4v) is 2.84. The van der Waals surface area contributed by atoms with Gasteiger partial charge in [0.2, 0.25) is 5.51 Å². The first-order valence-corrected chi connectivity index (χ1v) is 6.65. The molecular formula is C12H17Cl2N4OS-. The number of rotatable bonds is 4. The number of aliphatic hydroxyl groups excluding tert-OH is 1. The van der Waals surface area contributed by atoms with Gasteiger partial charge in [0.1, 0.15) is 17.3 Å². The van der Waals surface area contributed by atoms with E-state index in [2.05, 4.69) is 21.5 Å². The number of halogens is 2. The molecule has 2 heterocycles. The van der Waals surface area contributed by atoms with Crippen LogP contribution in [0.5, 0.6) is 0 Å². The minimum atomic E-state index is 0. The third-order valence-corrected chi connectivity index (χ3v) is 3.88. The quantitative estimate of drug-likeness (QED) is 0.547. The van der Waals surface area contributed by atoms with Crippen LogP contribution in [0.2, 0.25) is 0 Å². The second kappa shape index (κ2) is 8.36. The molecule has 0 saturated heterocycles. The highest BCUT2D eigenvalue weighted by Crippen LogP contribution is 2.12. The van der Waals surface area contributed by atoms with Crippen molar-refractivity contribution in [1.29, 1.82) is 0 Å². The lowest BCUT2D eigenvalue weighted by atomic mass is 10.3. The normalized spacial score (nSPS) is 9.75. The molecule has 0 amide bonds. The van der Waals surface area contributed by atoms with Gasteiger partial charge in [-0.3, -0.25) is 0 Å². The number of hydrogen-bond donors (Lipinski definition) is 2. The molecule has 20 heavy (non-hydrogen) atoms. The smallest absolute Gasteiger partial charge is 0.225 e. The fraction of sp³-hybridized carbons (Fsp3) is 0.417. The van der Waals surface area contributed by atoms with Gasteiger partial charge < -0.3 is 35.7 Å². The largest absolute Gasteiger partial charge is 1.00 e. The first kappa shape index (κ1) is 19.1. The van der Waals surface area contributed by atoms with E-state index in [9.17, 15) is 0 Å². The van der Waals surface area contributed by atoms with E-state index in [4.69, 9.17) is 10.8 Å². The molecule has 8 heteroatoms. The van der Waals surface area contributed by atoms with Crippen molar-refractivity contribution in [3.8, 4) is 0 Å². The number of nitrogens with two attached hydrogens (primary N) is 1. The average Bonchev–Trinajstić information content (AvgIpc) is 2.61. The number of thiazole rings is 1. The molecule has 0 bridgehead atoms. The lowest BCUT2D eigenvalue weighted by Gasteiger charge is -2.00. The van der Waals surface area contributed by atoms with Crippen LogP contribution in [-0.2, 0) is 13.0 Å². The Morgan fingerprint density at radius 3 is 2.60 bits per heavy atom. The maximum Gasteiger partial charge on any atom is 0.225 e. The van der Waals surface area contributed by atoms with Gasteiger partial charge in [-0.1, -0.05) is 11.3 Å². The molecule has 0 aliphatic rings. The van der Waals surface area contributed by atoms with Gasteiger partial charge >= 0.3 is 0 Å². The molecular weight excluding hydrogens is 319 g/mol. The number of aromatic nitrogens is 3. The highest BCUT2D eigenvalue weighted by Gasteiger charge is 2.16. The second-order valence-corrected chi connectivity index (χ2v) is 5.10. The Balaban J connectivity index is 0.00000180. The molecule has 112 valence electrons. The summed E-state index contributed by atoms with van der Waals surface area (Å²) >= 11 is 1.66. The first-order valence-electron chi connectivity index (χ1n) is 5.77. The Hall–Kier alpha value is -0.950. The van der Waals surface area contributed by atoms with E-state index in [-0.39, 0.29) is 31.4 Å². The summed E-state index contributed by atoms with van der Waals surface area (Å²) in [5, 5.41) is 8.98. The lowest BCUT2D eigenvalue weighted by Crippen LogP contribution is -3.00. The van der Waals surface area contributed by atoms with Crippen LogP contribution in [0.3, 0.4) is 0 Å². The van der Waals surface area contributed by atoms with Gasteiger partial charge in [-0.05, 0) is 6.92 Å². The van der Waals surface area contributed by atoms with Crippen LogP contribution in [0, 0.1) is 13.8 Å². The van der Waals surface area contributed by atoms with Crippen molar-refractivity contribution >= 4 is 17.2 Å². The Kier molecular flexibility index (Phi) is 7.96. The number of hydrogen-bond acceptors (Lipinski definition) is 5. The van der Waals surface area contributed by atoms with E-state index in [0.29, 0.717) is 24.6 Å². The molecule has 3 N–H and O–H groups in total. The van der Waals surface area contributed by atoms with E-state index in [1.165, 1.54) is 10.6 Å². The number of aryl methyl sites for hydroxylation is 1. The minimum absolute atomic E-state index is 0. The summed E-state index contributed by atoms with van der Waals surface area (Å²) < 4.78 is 2.12. The standard InChI is InChI=1S/C12H17N4OS.2ClH/c1-8-11(3-4-17)18-7-16(8)6-10-5-12(13)15-9(2)14-10;;/h5,7,17H,3-4,6H2,1-2H3,(H2,13,14,15);2*1H/q+1;;/p-2. The molecule has 5 nitrogen and oxygen atoms in total. The molecule has 0 aromatic carbocycles. The summed E-state index contributed by atoms with van der Waals surface area (Å²) in [5.74, 6) is 1.19. The van der Waals surface area contributed by atoms with Crippen LogP contribution in [-0.4, -0.2) is 21.7 Å². The minimum Gasteiger partial charge on any atom is -1.00 e. The van der Waals surface area contributed by atoms with Crippen molar-refractivity contribution in [2.75, 3.05) is 12.3 Å². The fourth-order valence-electron chi connectivity index (χ4n) is 1.86. The van der Waals surface area contributed by atoms with Gasteiger partial charge in [-0.2, -0.15) is 4.57 Å². The maximum absolute atomic E-state index is 8.98. The van der Waals surface area contributed by atoms with Gasteiger partial charge in [0, 0.05) is 26.0 Å². The van der Waals surface area contributed by atoms with Gasteiger partial charge in [0.05, 0.1) is 4.88 Å². The van der Waals surface area contributed by atoms with Crippen LogP contribution >= 0.6 is 11.3 Å². The van der Waals surface area contributed by atoms with E-state index >= 15 is 0 Å². The van der Waals surface area contributed by atoms with E-state index in [1.54, 1.807) is 17.4 Å². The molecule has 0 aliphatic carbocycles. The monoisotopic (exact) mass is 335 g/mol. The third kappa shape index (κ3) is 4.56. The average molecular weight is 336 g/mol. The maximum atomic E-state index is 8.98.